The van der Waals surface area contributed by atoms with Gasteiger partial charge in [-0.05, 0) is 49.6 Å². The maximum absolute atomic E-state index is 11.9. The van der Waals surface area contributed by atoms with E-state index < -0.39 is 0 Å². The highest BCUT2D eigenvalue weighted by Crippen LogP contribution is 2.14. The van der Waals surface area contributed by atoms with Crippen LogP contribution in [0.4, 0.5) is 5.69 Å². The first-order chi connectivity index (χ1) is 8.58. The van der Waals surface area contributed by atoms with E-state index >= 15 is 0 Å². The molecule has 1 heterocycles. The summed E-state index contributed by atoms with van der Waals surface area (Å²) < 4.78 is 4.05. The lowest BCUT2D eigenvalue weighted by Gasteiger charge is -2.04. The van der Waals surface area contributed by atoms with Gasteiger partial charge >= 0.3 is 0 Å². The Labute approximate surface area is 109 Å². The van der Waals surface area contributed by atoms with Crippen LogP contribution in [0.15, 0.2) is 29.6 Å². The van der Waals surface area contributed by atoms with E-state index in [9.17, 15) is 9.59 Å². The van der Waals surface area contributed by atoms with Gasteiger partial charge in [0, 0.05) is 16.6 Å². The molecule has 4 nitrogen and oxygen atoms in total. The Bertz CT molecular complexity index is 587. The van der Waals surface area contributed by atoms with E-state index in [1.165, 1.54) is 18.5 Å². The van der Waals surface area contributed by atoms with Crippen LogP contribution in [0.1, 0.15) is 33.3 Å². The number of carbonyl (C=O) groups is 2. The minimum atomic E-state index is -0.183. The topological polar surface area (TPSA) is 59.1 Å². The summed E-state index contributed by atoms with van der Waals surface area (Å²) in [5.74, 6) is -0.178. The minimum absolute atomic E-state index is 0.00533. The fourth-order valence-corrected chi connectivity index (χ4v) is 2.19. The van der Waals surface area contributed by atoms with E-state index in [2.05, 4.69) is 9.69 Å². The van der Waals surface area contributed by atoms with Crippen LogP contribution < -0.4 is 5.32 Å². The number of benzene rings is 1. The molecule has 0 saturated heterocycles. The number of nitrogens with zero attached hydrogens (tertiary/aromatic N) is 1. The molecule has 1 aromatic carbocycles. The van der Waals surface area contributed by atoms with Crippen molar-refractivity contribution < 1.29 is 9.59 Å². The molecule has 0 aliphatic heterocycles. The van der Waals surface area contributed by atoms with Gasteiger partial charge in [0.1, 0.15) is 0 Å². The molecular weight excluding hydrogens is 248 g/mol. The summed E-state index contributed by atoms with van der Waals surface area (Å²) in [5.41, 5.74) is 2.59. The zero-order valence-corrected chi connectivity index (χ0v) is 10.9. The van der Waals surface area contributed by atoms with Crippen molar-refractivity contribution >= 4 is 28.9 Å². The third-order valence-corrected chi connectivity index (χ3v) is 3.26. The van der Waals surface area contributed by atoms with Gasteiger partial charge < -0.3 is 5.32 Å². The normalized spacial score (nSPS) is 10.1. The molecule has 1 N–H and O–H groups in total. The van der Waals surface area contributed by atoms with E-state index in [0.29, 0.717) is 16.8 Å². The van der Waals surface area contributed by atoms with Gasteiger partial charge in [0.2, 0.25) is 0 Å². The molecule has 0 atom stereocenters. The molecule has 0 fully saturated rings. The zero-order chi connectivity index (χ0) is 13.1. The molecule has 18 heavy (non-hydrogen) atoms. The number of amides is 1. The second-order valence-corrected chi connectivity index (χ2v) is 4.53. The highest BCUT2D eigenvalue weighted by molar-refractivity contribution is 7.04. The highest BCUT2D eigenvalue weighted by atomic mass is 32.1. The lowest BCUT2D eigenvalue weighted by molar-refractivity contribution is 0.101. The van der Waals surface area contributed by atoms with Crippen LogP contribution in [0.2, 0.25) is 0 Å². The number of ketones is 1. The second-order valence-electron chi connectivity index (χ2n) is 3.90. The smallest absolute Gasteiger partial charge is 0.258 e. The fraction of sp³-hybridized carbons (Fsp3) is 0.154. The maximum Gasteiger partial charge on any atom is 0.258 e. The quantitative estimate of drug-likeness (QED) is 0.863. The molecule has 5 heteroatoms. The molecule has 1 aromatic heterocycles. The van der Waals surface area contributed by atoms with Crippen LogP contribution in [0.3, 0.4) is 0 Å². The van der Waals surface area contributed by atoms with E-state index in [1.807, 2.05) is 0 Å². The predicted octanol–water partition coefficient (Wildman–Crippen LogP) is 2.91. The molecule has 0 radical (unpaired) electrons. The molecule has 0 aliphatic carbocycles. The van der Waals surface area contributed by atoms with E-state index in [1.54, 1.807) is 36.6 Å². The molecule has 0 aliphatic rings. The summed E-state index contributed by atoms with van der Waals surface area (Å²) in [4.78, 5) is 23.0. The van der Waals surface area contributed by atoms with Crippen LogP contribution in [-0.2, 0) is 0 Å². The van der Waals surface area contributed by atoms with Crippen molar-refractivity contribution in [1.29, 1.82) is 0 Å². The van der Waals surface area contributed by atoms with Gasteiger partial charge in [-0.25, -0.2) is 0 Å². The van der Waals surface area contributed by atoms with Crippen molar-refractivity contribution in [2.45, 2.75) is 13.8 Å². The van der Waals surface area contributed by atoms with Crippen molar-refractivity contribution in [3.8, 4) is 0 Å². The summed E-state index contributed by atoms with van der Waals surface area (Å²) in [5, 5.41) is 4.48. The number of hydrogen-bond donors (Lipinski definition) is 1. The third-order valence-electron chi connectivity index (χ3n) is 2.54. The summed E-state index contributed by atoms with van der Waals surface area (Å²) in [7, 11) is 0. The van der Waals surface area contributed by atoms with Crippen molar-refractivity contribution in [3.63, 3.8) is 0 Å². The van der Waals surface area contributed by atoms with Crippen LogP contribution in [0, 0.1) is 6.92 Å². The Morgan fingerprint density at radius 2 is 1.89 bits per heavy atom. The van der Waals surface area contributed by atoms with E-state index in [-0.39, 0.29) is 11.7 Å². The number of aromatic nitrogens is 1. The number of anilines is 1. The van der Waals surface area contributed by atoms with Crippen LogP contribution in [0.5, 0.6) is 0 Å². The summed E-state index contributed by atoms with van der Waals surface area (Å²) in [6.45, 7) is 3.30. The van der Waals surface area contributed by atoms with Crippen molar-refractivity contribution in [1.82, 2.24) is 4.37 Å². The molecule has 0 bridgehead atoms. The molecule has 0 unspecified atom stereocenters. The number of rotatable bonds is 3. The standard InChI is InChI=1S/C13H12N2O2S/c1-8-12(7-18-15-8)13(17)14-11-5-3-10(4-6-11)9(2)16/h3-7H,1-2H3,(H,14,17). The molecule has 0 spiro atoms. The largest absolute Gasteiger partial charge is 0.322 e. The number of hydrogen-bond acceptors (Lipinski definition) is 4. The van der Waals surface area contributed by atoms with Crippen LogP contribution >= 0.6 is 11.5 Å². The van der Waals surface area contributed by atoms with Gasteiger partial charge in [0.25, 0.3) is 5.91 Å². The Morgan fingerprint density at radius 3 is 2.39 bits per heavy atom. The number of Topliss-reactive ketones (excluding diaryl/α,β-unsaturated/α-hetero) is 1. The average molecular weight is 260 g/mol. The molecule has 2 rings (SSSR count). The molecular formula is C13H12N2O2S. The number of aryl methyl sites for hydroxylation is 1. The Balaban J connectivity index is 2.13. The SMILES string of the molecule is CC(=O)c1ccc(NC(=O)c2csnc2C)cc1. The van der Waals surface area contributed by atoms with Gasteiger partial charge in [-0.3, -0.25) is 9.59 Å². The van der Waals surface area contributed by atoms with Gasteiger partial charge in [-0.2, -0.15) is 4.37 Å². The maximum atomic E-state index is 11.9. The monoisotopic (exact) mass is 260 g/mol. The molecule has 92 valence electrons. The Morgan fingerprint density at radius 1 is 1.22 bits per heavy atom. The summed E-state index contributed by atoms with van der Waals surface area (Å²) in [6.07, 6.45) is 0. The first-order valence-electron chi connectivity index (χ1n) is 5.41. The van der Waals surface area contributed by atoms with E-state index in [0.717, 1.165) is 5.69 Å². The summed E-state index contributed by atoms with van der Waals surface area (Å²) >= 11 is 1.26. The van der Waals surface area contributed by atoms with Gasteiger partial charge in [-0.1, -0.05) is 0 Å². The van der Waals surface area contributed by atoms with Gasteiger partial charge in [0.15, 0.2) is 5.78 Å². The fourth-order valence-electron chi connectivity index (χ4n) is 1.50. The lowest BCUT2D eigenvalue weighted by atomic mass is 10.1. The summed E-state index contributed by atoms with van der Waals surface area (Å²) in [6, 6.07) is 6.81. The molecule has 0 saturated carbocycles. The number of nitrogens with one attached hydrogen (secondary N) is 1. The third kappa shape index (κ3) is 2.62. The minimum Gasteiger partial charge on any atom is -0.322 e. The highest BCUT2D eigenvalue weighted by Gasteiger charge is 2.11. The van der Waals surface area contributed by atoms with Crippen molar-refractivity contribution in [2.75, 3.05) is 5.32 Å². The molecule has 2 aromatic rings. The zero-order valence-electron chi connectivity index (χ0n) is 10.1. The van der Waals surface area contributed by atoms with Gasteiger partial charge in [-0.15, -0.1) is 0 Å². The van der Waals surface area contributed by atoms with Crippen LogP contribution in [-0.4, -0.2) is 16.1 Å². The first kappa shape index (κ1) is 12.4. The second kappa shape index (κ2) is 5.10. The van der Waals surface area contributed by atoms with Crippen molar-refractivity contribution in [2.24, 2.45) is 0 Å². The Hall–Kier alpha value is -2.01. The van der Waals surface area contributed by atoms with Crippen LogP contribution in [0.25, 0.3) is 0 Å². The average Bonchev–Trinajstić information content (AvgIpc) is 2.76. The van der Waals surface area contributed by atoms with E-state index in [4.69, 9.17) is 0 Å². The first-order valence-corrected chi connectivity index (χ1v) is 6.25. The Kier molecular flexibility index (Phi) is 3.53. The van der Waals surface area contributed by atoms with Gasteiger partial charge in [0.05, 0.1) is 11.3 Å². The lowest BCUT2D eigenvalue weighted by Crippen LogP contribution is -2.12. The number of carbonyl (C=O) groups excluding carboxylic acids is 2. The predicted molar refractivity (Wildman–Crippen MR) is 71.3 cm³/mol. The molecule has 1 amide bonds. The van der Waals surface area contributed by atoms with Crippen molar-refractivity contribution in [3.05, 3.63) is 46.5 Å².